The van der Waals surface area contributed by atoms with Crippen LogP contribution in [0.2, 0.25) is 0 Å². The molecule has 1 unspecified atom stereocenters. The molecule has 0 aromatic rings. The highest BCUT2D eigenvalue weighted by Crippen LogP contribution is 2.26. The van der Waals surface area contributed by atoms with Gasteiger partial charge in [-0.25, -0.2) is 0 Å². The third-order valence-corrected chi connectivity index (χ3v) is 2.33. The van der Waals surface area contributed by atoms with Crippen LogP contribution in [0.1, 0.15) is 0 Å². The van der Waals surface area contributed by atoms with Crippen LogP contribution in [0.15, 0.2) is 0 Å². The molecular weight excluding hydrogens is 195 g/mol. The zero-order valence-corrected chi connectivity index (χ0v) is 7.22. The van der Waals surface area contributed by atoms with Gasteiger partial charge in [-0.05, 0) is 0 Å². The zero-order chi connectivity index (χ0) is 8.91. The lowest BCUT2D eigenvalue weighted by molar-refractivity contribution is -0.0397. The van der Waals surface area contributed by atoms with E-state index >= 15 is 0 Å². The van der Waals surface area contributed by atoms with Crippen molar-refractivity contribution in [1.82, 2.24) is 0 Å². The number of halogens is 2. The molecule has 6 heteroatoms. The van der Waals surface area contributed by atoms with E-state index in [4.69, 9.17) is 38.8 Å². The van der Waals surface area contributed by atoms with Gasteiger partial charge in [-0.15, -0.1) is 0 Å². The molecule has 0 saturated carbocycles. The first-order valence-corrected chi connectivity index (χ1v) is 3.65. The number of rotatable bonds is 5. The predicted molar refractivity (Wildman–Crippen MR) is 40.3 cm³/mol. The van der Waals surface area contributed by atoms with Gasteiger partial charge in [-0.1, -0.05) is 11.6 Å². The molecule has 0 radical (unpaired) electrons. The summed E-state index contributed by atoms with van der Waals surface area (Å²) in [5.74, 6) is 0. The van der Waals surface area contributed by atoms with Gasteiger partial charge in [0.1, 0.15) is 0 Å². The van der Waals surface area contributed by atoms with E-state index in [1.807, 2.05) is 0 Å². The molecule has 68 valence electrons. The van der Waals surface area contributed by atoms with Crippen molar-refractivity contribution in [3.05, 3.63) is 0 Å². The molecule has 11 heavy (non-hydrogen) atoms. The normalized spacial score (nSPS) is 15.0. The van der Waals surface area contributed by atoms with Crippen LogP contribution in [0.3, 0.4) is 0 Å². The van der Waals surface area contributed by atoms with Gasteiger partial charge in [-0.3, -0.25) is 4.29 Å². The summed E-state index contributed by atoms with van der Waals surface area (Å²) in [6.45, 7) is -1.50. The molecule has 0 bridgehead atoms. The Morgan fingerprint density at radius 3 is 1.64 bits per heavy atom. The second-order valence-corrected chi connectivity index (χ2v) is 2.82. The van der Waals surface area contributed by atoms with Gasteiger partial charge >= 0.3 is 0 Å². The Hall–Kier alpha value is 0.420. The summed E-state index contributed by atoms with van der Waals surface area (Å²) in [5.41, 5.74) is -2.41. The van der Waals surface area contributed by atoms with Gasteiger partial charge < -0.3 is 15.3 Å². The third-order valence-electron chi connectivity index (χ3n) is 1.50. The lowest BCUT2D eigenvalue weighted by Gasteiger charge is -2.29. The van der Waals surface area contributed by atoms with Crippen molar-refractivity contribution in [2.75, 3.05) is 19.8 Å². The van der Waals surface area contributed by atoms with Crippen LogP contribution < -0.4 is 0 Å². The predicted octanol–water partition coefficient (Wildman–Crippen LogP) is -0.315. The molecule has 0 aromatic carbocycles. The smallest absolute Gasteiger partial charge is 0.164 e. The SMILES string of the molecule is OCC(CO)(CO)C(Cl)OCl. The summed E-state index contributed by atoms with van der Waals surface area (Å²) >= 11 is 10.4. The number of aliphatic hydroxyl groups is 3. The highest BCUT2D eigenvalue weighted by atomic mass is 35.5. The Kier molecular flexibility index (Phi) is 5.33. The van der Waals surface area contributed by atoms with Crippen molar-refractivity contribution < 1.29 is 19.6 Å². The Labute approximate surface area is 74.5 Å². The van der Waals surface area contributed by atoms with Crippen molar-refractivity contribution in [3.63, 3.8) is 0 Å². The molecule has 0 fully saturated rings. The molecule has 0 spiro atoms. The van der Waals surface area contributed by atoms with Gasteiger partial charge in [0.05, 0.1) is 37.1 Å². The van der Waals surface area contributed by atoms with E-state index in [-0.39, 0.29) is 0 Å². The van der Waals surface area contributed by atoms with E-state index in [0.717, 1.165) is 0 Å². The monoisotopic (exact) mass is 204 g/mol. The van der Waals surface area contributed by atoms with Crippen LogP contribution in [0.4, 0.5) is 0 Å². The van der Waals surface area contributed by atoms with E-state index < -0.39 is 30.8 Å². The second kappa shape index (κ2) is 5.13. The molecule has 1 atom stereocenters. The summed E-state index contributed by atoms with van der Waals surface area (Å²) < 4.78 is 4.15. The van der Waals surface area contributed by atoms with Crippen molar-refractivity contribution in [2.45, 2.75) is 5.56 Å². The summed E-state index contributed by atoms with van der Waals surface area (Å²) in [5, 5.41) is 26.2. The summed E-state index contributed by atoms with van der Waals surface area (Å²) in [7, 11) is 0. The average molecular weight is 205 g/mol. The maximum atomic E-state index is 8.73. The maximum absolute atomic E-state index is 8.73. The van der Waals surface area contributed by atoms with Crippen LogP contribution >= 0.6 is 23.5 Å². The Morgan fingerprint density at radius 1 is 1.18 bits per heavy atom. The number of alkyl halides is 1. The van der Waals surface area contributed by atoms with Gasteiger partial charge in [0.25, 0.3) is 0 Å². The van der Waals surface area contributed by atoms with Crippen molar-refractivity contribution in [3.8, 4) is 0 Å². The van der Waals surface area contributed by atoms with E-state index in [2.05, 4.69) is 4.29 Å². The summed E-state index contributed by atoms with van der Waals surface area (Å²) in [6.07, 6.45) is 0. The standard InChI is InChI=1S/C5H10Cl2O4/c6-4(11-7)5(1-8,2-9)3-10/h4,8-10H,1-3H2. The molecule has 0 aliphatic heterocycles. The highest BCUT2D eigenvalue weighted by molar-refractivity contribution is 6.22. The fourth-order valence-corrected chi connectivity index (χ4v) is 0.856. The zero-order valence-electron chi connectivity index (χ0n) is 5.70. The summed E-state index contributed by atoms with van der Waals surface area (Å²) in [6, 6.07) is 0. The fourth-order valence-electron chi connectivity index (χ4n) is 0.460. The van der Waals surface area contributed by atoms with Crippen LogP contribution in [0.5, 0.6) is 0 Å². The minimum absolute atomic E-state index is 0.499. The van der Waals surface area contributed by atoms with Crippen LogP contribution in [0.25, 0.3) is 0 Å². The second-order valence-electron chi connectivity index (χ2n) is 2.24. The van der Waals surface area contributed by atoms with Crippen LogP contribution in [-0.4, -0.2) is 40.7 Å². The maximum Gasteiger partial charge on any atom is 0.164 e. The first kappa shape index (κ1) is 11.4. The molecule has 0 aliphatic rings. The van der Waals surface area contributed by atoms with Crippen LogP contribution in [-0.2, 0) is 4.29 Å². The van der Waals surface area contributed by atoms with Gasteiger partial charge in [0.15, 0.2) is 5.56 Å². The molecule has 0 heterocycles. The van der Waals surface area contributed by atoms with Gasteiger partial charge in [0, 0.05) is 0 Å². The lowest BCUT2D eigenvalue weighted by Crippen LogP contribution is -2.42. The fraction of sp³-hybridized carbons (Fsp3) is 1.00. The summed E-state index contributed by atoms with van der Waals surface area (Å²) in [4.78, 5) is 0. The van der Waals surface area contributed by atoms with Crippen LogP contribution in [0, 0.1) is 5.41 Å². The number of hydrogen-bond donors (Lipinski definition) is 3. The van der Waals surface area contributed by atoms with E-state index in [0.29, 0.717) is 0 Å². The molecule has 3 N–H and O–H groups in total. The molecule has 0 aliphatic carbocycles. The highest BCUT2D eigenvalue weighted by Gasteiger charge is 2.37. The quantitative estimate of drug-likeness (QED) is 0.538. The van der Waals surface area contributed by atoms with Crippen molar-refractivity contribution in [2.24, 2.45) is 5.41 Å². The van der Waals surface area contributed by atoms with Crippen molar-refractivity contribution >= 4 is 23.5 Å². The Morgan fingerprint density at radius 2 is 1.55 bits per heavy atom. The van der Waals surface area contributed by atoms with E-state index in [1.54, 1.807) is 0 Å². The minimum atomic E-state index is -1.29. The van der Waals surface area contributed by atoms with Gasteiger partial charge in [-0.2, -0.15) is 0 Å². The molecule has 0 aromatic heterocycles. The number of aliphatic hydroxyl groups excluding tert-OH is 3. The molecular formula is C5H10Cl2O4. The first-order valence-electron chi connectivity index (χ1n) is 2.91. The number of hydrogen-bond acceptors (Lipinski definition) is 4. The third kappa shape index (κ3) is 2.43. The topological polar surface area (TPSA) is 69.9 Å². The van der Waals surface area contributed by atoms with Gasteiger partial charge in [0.2, 0.25) is 0 Å². The molecule has 0 saturated heterocycles. The minimum Gasteiger partial charge on any atom is -0.395 e. The lowest BCUT2D eigenvalue weighted by atomic mass is 9.92. The molecule has 0 rings (SSSR count). The van der Waals surface area contributed by atoms with E-state index in [9.17, 15) is 0 Å². The molecule has 0 amide bonds. The largest absolute Gasteiger partial charge is 0.395 e. The Balaban J connectivity index is 4.26. The van der Waals surface area contributed by atoms with E-state index in [1.165, 1.54) is 0 Å². The first-order chi connectivity index (χ1) is 5.16. The Bertz CT molecular complexity index is 98.4. The average Bonchev–Trinajstić information content (AvgIpc) is 2.08. The van der Waals surface area contributed by atoms with Crippen molar-refractivity contribution in [1.29, 1.82) is 0 Å². The molecule has 4 nitrogen and oxygen atoms in total.